The maximum atomic E-state index is 13.6. The van der Waals surface area contributed by atoms with E-state index in [0.29, 0.717) is 19.2 Å². The normalized spacial score (nSPS) is 23.8. The fourth-order valence-electron chi connectivity index (χ4n) is 4.15. The zero-order chi connectivity index (χ0) is 17.9. The molecule has 0 amide bonds. The highest BCUT2D eigenvalue weighted by Gasteiger charge is 2.30. The number of aromatic nitrogens is 4. The summed E-state index contributed by atoms with van der Waals surface area (Å²) in [5.74, 6) is 0.703. The van der Waals surface area contributed by atoms with Gasteiger partial charge in [-0.15, -0.1) is 5.10 Å². The van der Waals surface area contributed by atoms with E-state index in [2.05, 4.69) is 27.3 Å². The van der Waals surface area contributed by atoms with Crippen molar-refractivity contribution >= 4 is 0 Å². The van der Waals surface area contributed by atoms with Gasteiger partial charge in [0.15, 0.2) is 5.82 Å². The first-order chi connectivity index (χ1) is 12.7. The fourth-order valence-corrected chi connectivity index (χ4v) is 4.15. The van der Waals surface area contributed by atoms with Gasteiger partial charge in [-0.2, -0.15) is 0 Å². The lowest BCUT2D eigenvalue weighted by molar-refractivity contribution is -0.0451. The Morgan fingerprint density at radius 2 is 2.08 bits per heavy atom. The van der Waals surface area contributed by atoms with E-state index in [4.69, 9.17) is 4.74 Å². The van der Waals surface area contributed by atoms with Crippen molar-refractivity contribution in [1.29, 1.82) is 0 Å². The summed E-state index contributed by atoms with van der Waals surface area (Å²) in [5.41, 5.74) is 0.883. The molecule has 0 bridgehead atoms. The molecule has 0 N–H and O–H groups in total. The van der Waals surface area contributed by atoms with E-state index >= 15 is 0 Å². The summed E-state index contributed by atoms with van der Waals surface area (Å²) in [6.07, 6.45) is 5.98. The smallest absolute Gasteiger partial charge is 0.168 e. The van der Waals surface area contributed by atoms with Crippen LogP contribution < -0.4 is 0 Å². The third-order valence-electron chi connectivity index (χ3n) is 5.68. The van der Waals surface area contributed by atoms with Gasteiger partial charge in [0.05, 0.1) is 24.8 Å². The van der Waals surface area contributed by atoms with Crippen LogP contribution in [0.25, 0.3) is 0 Å². The molecule has 2 heterocycles. The summed E-state index contributed by atoms with van der Waals surface area (Å²) in [5, 5.41) is 12.6. The van der Waals surface area contributed by atoms with E-state index in [1.165, 1.54) is 25.3 Å². The van der Waals surface area contributed by atoms with Crippen LogP contribution in [0.5, 0.6) is 0 Å². The number of rotatable bonds is 4. The van der Waals surface area contributed by atoms with Gasteiger partial charge < -0.3 is 4.74 Å². The zero-order valence-electron chi connectivity index (χ0n) is 15.2. The van der Waals surface area contributed by atoms with Crippen LogP contribution in [0, 0.1) is 5.82 Å². The lowest BCUT2D eigenvalue weighted by atomic mass is 9.95. The number of hydrogen-bond donors (Lipinski definition) is 0. The summed E-state index contributed by atoms with van der Waals surface area (Å²) >= 11 is 0. The van der Waals surface area contributed by atoms with Crippen LogP contribution in [0.2, 0.25) is 0 Å². The van der Waals surface area contributed by atoms with Crippen molar-refractivity contribution in [2.45, 2.75) is 57.2 Å². The Kier molecular flexibility index (Phi) is 5.26. The second kappa shape index (κ2) is 7.80. The Balaban J connectivity index is 1.49. The van der Waals surface area contributed by atoms with Crippen molar-refractivity contribution in [3.8, 4) is 0 Å². The van der Waals surface area contributed by atoms with Crippen molar-refractivity contribution in [2.75, 3.05) is 19.7 Å². The van der Waals surface area contributed by atoms with E-state index < -0.39 is 0 Å². The van der Waals surface area contributed by atoms with E-state index in [-0.39, 0.29) is 18.0 Å². The molecule has 4 rings (SSSR count). The van der Waals surface area contributed by atoms with Crippen LogP contribution in [0.3, 0.4) is 0 Å². The van der Waals surface area contributed by atoms with E-state index in [1.54, 1.807) is 12.1 Å². The van der Waals surface area contributed by atoms with Crippen molar-refractivity contribution in [2.24, 2.45) is 0 Å². The summed E-state index contributed by atoms with van der Waals surface area (Å²) < 4.78 is 21.5. The minimum Gasteiger partial charge on any atom is -0.371 e. The maximum Gasteiger partial charge on any atom is 0.168 e. The van der Waals surface area contributed by atoms with Crippen LogP contribution in [0.1, 0.15) is 68.6 Å². The molecule has 0 spiro atoms. The Hall–Kier alpha value is -1.86. The van der Waals surface area contributed by atoms with Gasteiger partial charge in [-0.25, -0.2) is 9.07 Å². The average molecular weight is 359 g/mol. The average Bonchev–Trinajstić information content (AvgIpc) is 3.18. The first-order valence-corrected chi connectivity index (χ1v) is 9.61. The van der Waals surface area contributed by atoms with E-state index in [0.717, 1.165) is 30.8 Å². The van der Waals surface area contributed by atoms with Crippen LogP contribution in [-0.4, -0.2) is 44.8 Å². The van der Waals surface area contributed by atoms with Crippen molar-refractivity contribution < 1.29 is 9.13 Å². The first kappa shape index (κ1) is 17.5. The second-order valence-corrected chi connectivity index (χ2v) is 7.36. The maximum absolute atomic E-state index is 13.6. The SMILES string of the molecule is CC(c1nnnn1C1CCCCC1)N1CCOC(c2cccc(F)c2)C1. The minimum atomic E-state index is -0.225. The standard InChI is InChI=1S/C19H26FN5O/c1-14(19-21-22-23-25(19)17-8-3-2-4-9-17)24-10-11-26-18(13-24)15-6-5-7-16(20)12-15/h5-7,12,14,17-18H,2-4,8-11,13H2,1H3. The van der Waals surface area contributed by atoms with Crippen LogP contribution >= 0.6 is 0 Å². The van der Waals surface area contributed by atoms with Crippen LogP contribution in [0.4, 0.5) is 4.39 Å². The fraction of sp³-hybridized carbons (Fsp3) is 0.632. The molecule has 1 aliphatic heterocycles. The Bertz CT molecular complexity index is 730. The minimum absolute atomic E-state index is 0.104. The molecule has 1 aromatic heterocycles. The third kappa shape index (κ3) is 3.64. The molecule has 1 saturated heterocycles. The van der Waals surface area contributed by atoms with Gasteiger partial charge in [-0.05, 0) is 47.9 Å². The van der Waals surface area contributed by atoms with E-state index in [9.17, 15) is 4.39 Å². The predicted octanol–water partition coefficient (Wildman–Crippen LogP) is 3.45. The second-order valence-electron chi connectivity index (χ2n) is 7.36. The number of ether oxygens (including phenoxy) is 1. The number of benzene rings is 1. The molecule has 1 saturated carbocycles. The van der Waals surface area contributed by atoms with Gasteiger partial charge in [0.2, 0.25) is 0 Å². The molecule has 0 radical (unpaired) electrons. The third-order valence-corrected chi connectivity index (χ3v) is 5.68. The van der Waals surface area contributed by atoms with Crippen molar-refractivity contribution in [3.05, 3.63) is 41.5 Å². The first-order valence-electron chi connectivity index (χ1n) is 9.61. The lowest BCUT2D eigenvalue weighted by Crippen LogP contribution is -2.41. The molecule has 26 heavy (non-hydrogen) atoms. The van der Waals surface area contributed by atoms with Gasteiger partial charge in [0.25, 0.3) is 0 Å². The number of morpholine rings is 1. The van der Waals surface area contributed by atoms with Gasteiger partial charge in [-0.1, -0.05) is 31.4 Å². The number of tetrazole rings is 1. The molecule has 6 nitrogen and oxygen atoms in total. The highest BCUT2D eigenvalue weighted by atomic mass is 19.1. The quantitative estimate of drug-likeness (QED) is 0.837. The molecule has 2 fully saturated rings. The van der Waals surface area contributed by atoms with Crippen molar-refractivity contribution in [1.82, 2.24) is 25.1 Å². The summed E-state index contributed by atoms with van der Waals surface area (Å²) in [6, 6.07) is 7.20. The molecule has 1 aromatic carbocycles. The summed E-state index contributed by atoms with van der Waals surface area (Å²) in [7, 11) is 0. The van der Waals surface area contributed by atoms with Crippen molar-refractivity contribution in [3.63, 3.8) is 0 Å². The molecule has 1 aliphatic carbocycles. The summed E-state index contributed by atoms with van der Waals surface area (Å²) in [6.45, 7) is 4.31. The topological polar surface area (TPSA) is 56.1 Å². The largest absolute Gasteiger partial charge is 0.371 e. The monoisotopic (exact) mass is 359 g/mol. The van der Waals surface area contributed by atoms with Crippen LogP contribution in [0.15, 0.2) is 24.3 Å². The molecular weight excluding hydrogens is 333 g/mol. The van der Waals surface area contributed by atoms with Gasteiger partial charge in [0, 0.05) is 13.1 Å². The number of nitrogens with zero attached hydrogens (tertiary/aromatic N) is 5. The van der Waals surface area contributed by atoms with Gasteiger partial charge >= 0.3 is 0 Å². The Morgan fingerprint density at radius 3 is 2.88 bits per heavy atom. The van der Waals surface area contributed by atoms with E-state index in [1.807, 2.05) is 10.7 Å². The Labute approximate surface area is 153 Å². The number of halogens is 1. The van der Waals surface area contributed by atoms with Gasteiger partial charge in [-0.3, -0.25) is 4.90 Å². The van der Waals surface area contributed by atoms with Crippen LogP contribution in [-0.2, 0) is 4.74 Å². The Morgan fingerprint density at radius 1 is 1.23 bits per heavy atom. The highest BCUT2D eigenvalue weighted by molar-refractivity contribution is 5.20. The predicted molar refractivity (Wildman–Crippen MR) is 95.0 cm³/mol. The number of hydrogen-bond acceptors (Lipinski definition) is 5. The molecule has 2 unspecified atom stereocenters. The zero-order valence-corrected chi connectivity index (χ0v) is 15.2. The molecular formula is C19H26FN5O. The molecule has 2 aromatic rings. The van der Waals surface area contributed by atoms with Gasteiger partial charge in [0.1, 0.15) is 5.82 Å². The molecule has 2 aliphatic rings. The summed E-state index contributed by atoms with van der Waals surface area (Å²) in [4.78, 5) is 2.34. The molecule has 2 atom stereocenters. The highest BCUT2D eigenvalue weighted by Crippen LogP contribution is 2.32. The molecule has 7 heteroatoms. The molecule has 140 valence electrons. The lowest BCUT2D eigenvalue weighted by Gasteiger charge is -2.37.